The van der Waals surface area contributed by atoms with Gasteiger partial charge in [-0.05, 0) is 17.7 Å². The molecule has 4 rings (SSSR count). The smallest absolute Gasteiger partial charge is 0.217 e. The molecule has 2 aromatic rings. The molecule has 0 saturated carbocycles. The number of hydrogen-bond acceptors (Lipinski definition) is 9. The number of rotatable bonds is 9. The Bertz CT molecular complexity index is 882. The topological polar surface area (TPSA) is 81.0 Å². The van der Waals surface area contributed by atoms with E-state index in [9.17, 15) is 0 Å². The molecule has 1 aromatic heterocycles. The van der Waals surface area contributed by atoms with E-state index in [1.807, 2.05) is 36.4 Å². The predicted molar refractivity (Wildman–Crippen MR) is 121 cm³/mol. The number of hydrogen-bond donors (Lipinski definition) is 0. The lowest BCUT2D eigenvalue weighted by Gasteiger charge is -2.29. The number of anilines is 1. The van der Waals surface area contributed by atoms with E-state index in [4.69, 9.17) is 18.9 Å². The first-order chi connectivity index (χ1) is 15.8. The number of pyridine rings is 1. The number of aromatic nitrogens is 1. The third-order valence-electron chi connectivity index (χ3n) is 5.47. The van der Waals surface area contributed by atoms with Crippen LogP contribution >= 0.6 is 0 Å². The van der Waals surface area contributed by atoms with Crippen LogP contribution in [0, 0.1) is 0 Å². The van der Waals surface area contributed by atoms with Crippen molar-refractivity contribution in [1.82, 2.24) is 9.88 Å². The summed E-state index contributed by atoms with van der Waals surface area (Å²) in [5.41, 5.74) is 2.06. The molecular formula is C23H31N5O4. The number of morpholine rings is 2. The highest BCUT2D eigenvalue weighted by Crippen LogP contribution is 2.27. The second-order valence-corrected chi connectivity index (χ2v) is 7.67. The van der Waals surface area contributed by atoms with E-state index < -0.39 is 0 Å². The first-order valence-electron chi connectivity index (χ1n) is 11.1. The standard InChI is InChI=1S/C23H31N5O4/c1-29-21-4-2-3-19(15-21)18-24-26-22-16-20(28-8-12-31-13-9-28)17-23(25-22)32-14-7-27-5-10-30-11-6-27/h2-4,15-17H,5-14,18H2,1H3. The van der Waals surface area contributed by atoms with E-state index in [1.54, 1.807) is 7.11 Å². The molecule has 0 aliphatic carbocycles. The summed E-state index contributed by atoms with van der Waals surface area (Å²) in [6.45, 7) is 8.39. The van der Waals surface area contributed by atoms with Crippen molar-refractivity contribution in [3.63, 3.8) is 0 Å². The fraction of sp³-hybridized carbons (Fsp3) is 0.522. The molecule has 0 radical (unpaired) electrons. The van der Waals surface area contributed by atoms with Crippen LogP contribution < -0.4 is 14.4 Å². The summed E-state index contributed by atoms with van der Waals surface area (Å²) in [7, 11) is 1.66. The largest absolute Gasteiger partial charge is 0.497 e. The lowest BCUT2D eigenvalue weighted by molar-refractivity contribution is 0.0320. The minimum absolute atomic E-state index is 0.452. The molecule has 3 heterocycles. The van der Waals surface area contributed by atoms with Crippen LogP contribution in [0.15, 0.2) is 46.6 Å². The highest BCUT2D eigenvalue weighted by molar-refractivity contribution is 5.55. The molecule has 0 spiro atoms. The van der Waals surface area contributed by atoms with Gasteiger partial charge in [-0.15, -0.1) is 5.11 Å². The van der Waals surface area contributed by atoms with Gasteiger partial charge in [0.25, 0.3) is 0 Å². The minimum atomic E-state index is 0.452. The van der Waals surface area contributed by atoms with Crippen molar-refractivity contribution >= 4 is 11.5 Å². The molecule has 9 heteroatoms. The van der Waals surface area contributed by atoms with E-state index in [0.29, 0.717) is 38.1 Å². The molecule has 2 aliphatic heterocycles. The number of methoxy groups -OCH3 is 1. The van der Waals surface area contributed by atoms with Gasteiger partial charge < -0.3 is 23.8 Å². The van der Waals surface area contributed by atoms with Crippen LogP contribution in [0.4, 0.5) is 11.5 Å². The summed E-state index contributed by atoms with van der Waals surface area (Å²) >= 11 is 0. The molecule has 172 valence electrons. The molecule has 2 fully saturated rings. The Morgan fingerprint density at radius 2 is 1.78 bits per heavy atom. The summed E-state index contributed by atoms with van der Waals surface area (Å²) in [6.07, 6.45) is 0. The van der Waals surface area contributed by atoms with Crippen LogP contribution in [-0.4, -0.2) is 82.8 Å². The van der Waals surface area contributed by atoms with Crippen LogP contribution in [0.2, 0.25) is 0 Å². The summed E-state index contributed by atoms with van der Waals surface area (Å²) in [6, 6.07) is 11.7. The molecule has 9 nitrogen and oxygen atoms in total. The molecule has 0 amide bonds. The van der Waals surface area contributed by atoms with Crippen LogP contribution in [0.5, 0.6) is 11.6 Å². The van der Waals surface area contributed by atoms with Gasteiger partial charge in [-0.1, -0.05) is 12.1 Å². The summed E-state index contributed by atoms with van der Waals surface area (Å²) in [4.78, 5) is 9.17. The molecular weight excluding hydrogens is 410 g/mol. The van der Waals surface area contributed by atoms with E-state index in [1.165, 1.54) is 0 Å². The van der Waals surface area contributed by atoms with Crippen molar-refractivity contribution in [3.05, 3.63) is 42.0 Å². The van der Waals surface area contributed by atoms with Gasteiger partial charge in [-0.25, -0.2) is 0 Å². The van der Waals surface area contributed by atoms with Crippen molar-refractivity contribution in [2.24, 2.45) is 10.2 Å². The van der Waals surface area contributed by atoms with Gasteiger partial charge in [-0.2, -0.15) is 10.1 Å². The third kappa shape index (κ3) is 6.62. The Balaban J connectivity index is 1.43. The highest BCUT2D eigenvalue weighted by Gasteiger charge is 2.15. The first kappa shape index (κ1) is 22.4. The average molecular weight is 442 g/mol. The maximum absolute atomic E-state index is 6.01. The maximum atomic E-state index is 6.01. The fourth-order valence-corrected chi connectivity index (χ4v) is 3.67. The number of nitrogens with zero attached hydrogens (tertiary/aromatic N) is 5. The zero-order chi connectivity index (χ0) is 22.0. The molecule has 32 heavy (non-hydrogen) atoms. The molecule has 0 unspecified atom stereocenters. The average Bonchev–Trinajstić information content (AvgIpc) is 2.85. The zero-order valence-corrected chi connectivity index (χ0v) is 18.6. The van der Waals surface area contributed by atoms with E-state index >= 15 is 0 Å². The van der Waals surface area contributed by atoms with E-state index in [2.05, 4.69) is 25.0 Å². The molecule has 0 atom stereocenters. The van der Waals surface area contributed by atoms with Gasteiger partial charge in [0.1, 0.15) is 12.4 Å². The van der Waals surface area contributed by atoms with Crippen molar-refractivity contribution in [3.8, 4) is 11.6 Å². The summed E-state index contributed by atoms with van der Waals surface area (Å²) in [5.74, 6) is 1.91. The number of benzene rings is 1. The lowest BCUT2D eigenvalue weighted by atomic mass is 10.2. The van der Waals surface area contributed by atoms with Crippen molar-refractivity contribution < 1.29 is 18.9 Å². The second-order valence-electron chi connectivity index (χ2n) is 7.67. The van der Waals surface area contributed by atoms with Crippen LogP contribution in [0.3, 0.4) is 0 Å². The fourth-order valence-electron chi connectivity index (χ4n) is 3.67. The Labute approximate surface area is 188 Å². The zero-order valence-electron chi connectivity index (χ0n) is 18.6. The molecule has 2 saturated heterocycles. The minimum Gasteiger partial charge on any atom is -0.497 e. The molecule has 1 aromatic carbocycles. The van der Waals surface area contributed by atoms with Gasteiger partial charge >= 0.3 is 0 Å². The Morgan fingerprint density at radius 1 is 1.00 bits per heavy atom. The molecule has 0 bridgehead atoms. The maximum Gasteiger partial charge on any atom is 0.217 e. The van der Waals surface area contributed by atoms with Crippen LogP contribution in [-0.2, 0) is 16.0 Å². The van der Waals surface area contributed by atoms with Crippen LogP contribution in [0.1, 0.15) is 5.56 Å². The van der Waals surface area contributed by atoms with E-state index in [0.717, 1.165) is 62.9 Å². The Kier molecular flexibility index (Phi) is 8.24. The van der Waals surface area contributed by atoms with Crippen LogP contribution in [0.25, 0.3) is 0 Å². The molecule has 2 aliphatic rings. The van der Waals surface area contributed by atoms with Gasteiger partial charge in [0, 0.05) is 50.5 Å². The van der Waals surface area contributed by atoms with Gasteiger partial charge in [0.2, 0.25) is 5.88 Å². The van der Waals surface area contributed by atoms with Gasteiger partial charge in [0.05, 0.1) is 40.1 Å². The quantitative estimate of drug-likeness (QED) is 0.554. The SMILES string of the molecule is COc1cccc(CN=Nc2cc(N3CCOCC3)cc(OCCN3CCOCC3)n2)c1. The number of ether oxygens (including phenoxy) is 4. The van der Waals surface area contributed by atoms with Crippen molar-refractivity contribution in [1.29, 1.82) is 0 Å². The highest BCUT2D eigenvalue weighted by atomic mass is 16.5. The van der Waals surface area contributed by atoms with Crippen molar-refractivity contribution in [2.45, 2.75) is 6.54 Å². The normalized spacial score (nSPS) is 17.6. The Morgan fingerprint density at radius 3 is 2.56 bits per heavy atom. The molecule has 0 N–H and O–H groups in total. The van der Waals surface area contributed by atoms with E-state index in [-0.39, 0.29) is 0 Å². The lowest BCUT2D eigenvalue weighted by Crippen LogP contribution is -2.38. The number of azo groups is 1. The predicted octanol–water partition coefficient (Wildman–Crippen LogP) is 2.92. The van der Waals surface area contributed by atoms with Gasteiger partial charge in [-0.3, -0.25) is 4.90 Å². The summed E-state index contributed by atoms with van der Waals surface area (Å²) in [5, 5.41) is 8.73. The van der Waals surface area contributed by atoms with Gasteiger partial charge in [0.15, 0.2) is 5.82 Å². The monoisotopic (exact) mass is 441 g/mol. The summed E-state index contributed by atoms with van der Waals surface area (Å²) < 4.78 is 22.2. The Hall–Kier alpha value is -2.75. The third-order valence-corrected chi connectivity index (χ3v) is 5.47. The second kappa shape index (κ2) is 11.8. The first-order valence-corrected chi connectivity index (χ1v) is 11.1. The van der Waals surface area contributed by atoms with Crippen molar-refractivity contribution in [2.75, 3.05) is 77.8 Å².